The fraction of sp³-hybridized carbons (Fsp3) is 0.300. The topological polar surface area (TPSA) is 52.0 Å². The second-order valence-corrected chi connectivity index (χ2v) is 3.74. The summed E-state index contributed by atoms with van der Waals surface area (Å²) in [6.45, 7) is 2.61. The van der Waals surface area contributed by atoms with Crippen LogP contribution in [0.15, 0.2) is 22.9 Å². The Morgan fingerprint density at radius 1 is 1.57 bits per heavy atom. The maximum absolute atomic E-state index is 6.09. The quantitative estimate of drug-likeness (QED) is 0.829. The maximum atomic E-state index is 6.09. The van der Waals surface area contributed by atoms with Crippen LogP contribution in [0.1, 0.15) is 18.4 Å². The van der Waals surface area contributed by atoms with E-state index in [1.54, 1.807) is 6.07 Å². The number of hydrogen-bond acceptors (Lipinski definition) is 3. The number of nitrogens with two attached hydrogens (primary N) is 1. The highest BCUT2D eigenvalue weighted by Crippen LogP contribution is 2.28. The SMILES string of the molecule is CC(CN)c1cc2ncoc2cc1Cl. The molecule has 74 valence electrons. The predicted molar refractivity (Wildman–Crippen MR) is 56.5 cm³/mol. The number of rotatable bonds is 2. The van der Waals surface area contributed by atoms with Crippen LogP contribution in [0.3, 0.4) is 0 Å². The molecule has 0 spiro atoms. The molecule has 4 heteroatoms. The first-order valence-electron chi connectivity index (χ1n) is 4.45. The average molecular weight is 211 g/mol. The van der Waals surface area contributed by atoms with Crippen LogP contribution in [-0.2, 0) is 0 Å². The van der Waals surface area contributed by atoms with Gasteiger partial charge in [-0.05, 0) is 24.1 Å². The van der Waals surface area contributed by atoms with Gasteiger partial charge in [0.2, 0.25) is 0 Å². The van der Waals surface area contributed by atoms with Crippen LogP contribution in [0.4, 0.5) is 0 Å². The Bertz CT molecular complexity index is 452. The summed E-state index contributed by atoms with van der Waals surface area (Å²) in [6, 6.07) is 3.71. The first kappa shape index (κ1) is 9.49. The normalized spacial score (nSPS) is 13.4. The summed E-state index contributed by atoms with van der Waals surface area (Å²) in [6.07, 6.45) is 1.41. The zero-order valence-electron chi connectivity index (χ0n) is 7.83. The molecule has 0 fully saturated rings. The van der Waals surface area contributed by atoms with Gasteiger partial charge in [0.1, 0.15) is 5.52 Å². The molecule has 14 heavy (non-hydrogen) atoms. The van der Waals surface area contributed by atoms with Gasteiger partial charge in [0.05, 0.1) is 0 Å². The zero-order chi connectivity index (χ0) is 10.1. The third-order valence-corrected chi connectivity index (χ3v) is 2.66. The van der Waals surface area contributed by atoms with E-state index in [0.29, 0.717) is 17.2 Å². The first-order chi connectivity index (χ1) is 6.72. The van der Waals surface area contributed by atoms with Crippen molar-refractivity contribution in [2.45, 2.75) is 12.8 Å². The zero-order valence-corrected chi connectivity index (χ0v) is 8.58. The van der Waals surface area contributed by atoms with Gasteiger partial charge in [0.25, 0.3) is 0 Å². The standard InChI is InChI=1S/C10H11ClN2O/c1-6(4-12)7-2-9-10(3-8(7)11)14-5-13-9/h2-3,5-6H,4,12H2,1H3. The molecule has 0 saturated carbocycles. The Morgan fingerprint density at radius 2 is 2.36 bits per heavy atom. The van der Waals surface area contributed by atoms with Crippen molar-refractivity contribution in [3.63, 3.8) is 0 Å². The van der Waals surface area contributed by atoms with E-state index in [1.165, 1.54) is 6.39 Å². The van der Waals surface area contributed by atoms with Crippen molar-refractivity contribution < 1.29 is 4.42 Å². The first-order valence-corrected chi connectivity index (χ1v) is 4.83. The molecular weight excluding hydrogens is 200 g/mol. The van der Waals surface area contributed by atoms with Crippen molar-refractivity contribution in [3.8, 4) is 0 Å². The van der Waals surface area contributed by atoms with E-state index in [2.05, 4.69) is 4.98 Å². The lowest BCUT2D eigenvalue weighted by Crippen LogP contribution is -2.09. The van der Waals surface area contributed by atoms with E-state index in [4.69, 9.17) is 21.8 Å². The largest absolute Gasteiger partial charge is 0.443 e. The predicted octanol–water partition coefficient (Wildman–Crippen LogP) is 2.54. The molecule has 0 radical (unpaired) electrons. The summed E-state index contributed by atoms with van der Waals surface area (Å²) in [5, 5.41) is 0.687. The number of oxazole rings is 1. The van der Waals surface area contributed by atoms with Gasteiger partial charge in [0.15, 0.2) is 12.0 Å². The lowest BCUT2D eigenvalue weighted by Gasteiger charge is -2.10. The van der Waals surface area contributed by atoms with E-state index in [0.717, 1.165) is 11.1 Å². The molecule has 2 N–H and O–H groups in total. The highest BCUT2D eigenvalue weighted by molar-refractivity contribution is 6.32. The summed E-state index contributed by atoms with van der Waals surface area (Å²) in [4.78, 5) is 4.07. The summed E-state index contributed by atoms with van der Waals surface area (Å²) in [5.41, 5.74) is 8.15. The fourth-order valence-electron chi connectivity index (χ4n) is 1.40. The molecule has 0 aliphatic carbocycles. The molecule has 0 aliphatic rings. The molecule has 2 rings (SSSR count). The van der Waals surface area contributed by atoms with Crippen molar-refractivity contribution in [3.05, 3.63) is 29.1 Å². The summed E-state index contributed by atoms with van der Waals surface area (Å²) in [7, 11) is 0. The Kier molecular flexibility index (Phi) is 2.44. The van der Waals surface area contributed by atoms with Crippen LogP contribution >= 0.6 is 11.6 Å². The molecule has 2 aromatic rings. The van der Waals surface area contributed by atoms with Crippen LogP contribution in [0, 0.1) is 0 Å². The Labute approximate surface area is 86.9 Å². The van der Waals surface area contributed by atoms with Crippen molar-refractivity contribution >= 4 is 22.7 Å². The minimum Gasteiger partial charge on any atom is -0.443 e. The van der Waals surface area contributed by atoms with Gasteiger partial charge in [-0.15, -0.1) is 0 Å². The van der Waals surface area contributed by atoms with Gasteiger partial charge in [0, 0.05) is 11.1 Å². The van der Waals surface area contributed by atoms with E-state index in [1.807, 2.05) is 13.0 Å². The van der Waals surface area contributed by atoms with Crippen molar-refractivity contribution in [1.29, 1.82) is 0 Å². The number of aromatic nitrogens is 1. The molecule has 0 amide bonds. The lowest BCUT2D eigenvalue weighted by molar-refractivity contribution is 0.602. The Morgan fingerprint density at radius 3 is 3.07 bits per heavy atom. The average Bonchev–Trinajstić information content (AvgIpc) is 2.62. The van der Waals surface area contributed by atoms with Crippen molar-refractivity contribution in [2.24, 2.45) is 5.73 Å². The summed E-state index contributed by atoms with van der Waals surface area (Å²) < 4.78 is 5.14. The Balaban J connectivity index is 2.58. The van der Waals surface area contributed by atoms with Crippen LogP contribution in [0.25, 0.3) is 11.1 Å². The van der Waals surface area contributed by atoms with Crippen LogP contribution in [0.5, 0.6) is 0 Å². The van der Waals surface area contributed by atoms with Crippen LogP contribution in [-0.4, -0.2) is 11.5 Å². The van der Waals surface area contributed by atoms with E-state index < -0.39 is 0 Å². The van der Waals surface area contributed by atoms with Crippen LogP contribution in [0.2, 0.25) is 5.02 Å². The number of hydrogen-bond donors (Lipinski definition) is 1. The lowest BCUT2D eigenvalue weighted by atomic mass is 10.0. The van der Waals surface area contributed by atoms with E-state index in [9.17, 15) is 0 Å². The van der Waals surface area contributed by atoms with Gasteiger partial charge in [-0.3, -0.25) is 0 Å². The second kappa shape index (κ2) is 3.59. The smallest absolute Gasteiger partial charge is 0.181 e. The molecule has 1 aromatic heterocycles. The second-order valence-electron chi connectivity index (χ2n) is 3.33. The number of benzene rings is 1. The van der Waals surface area contributed by atoms with Gasteiger partial charge >= 0.3 is 0 Å². The maximum Gasteiger partial charge on any atom is 0.181 e. The molecule has 1 heterocycles. The van der Waals surface area contributed by atoms with E-state index >= 15 is 0 Å². The van der Waals surface area contributed by atoms with Gasteiger partial charge in [-0.25, -0.2) is 4.98 Å². The molecule has 0 bridgehead atoms. The third kappa shape index (κ3) is 1.49. The van der Waals surface area contributed by atoms with E-state index in [-0.39, 0.29) is 5.92 Å². The van der Waals surface area contributed by atoms with Crippen molar-refractivity contribution in [2.75, 3.05) is 6.54 Å². The third-order valence-electron chi connectivity index (χ3n) is 2.33. The Hall–Kier alpha value is -1.06. The van der Waals surface area contributed by atoms with Crippen LogP contribution < -0.4 is 5.73 Å². The number of halogens is 1. The van der Waals surface area contributed by atoms with Gasteiger partial charge < -0.3 is 10.2 Å². The summed E-state index contributed by atoms with van der Waals surface area (Å²) >= 11 is 6.09. The number of nitrogens with zero attached hydrogens (tertiary/aromatic N) is 1. The van der Waals surface area contributed by atoms with Gasteiger partial charge in [-0.1, -0.05) is 18.5 Å². The highest BCUT2D eigenvalue weighted by atomic mass is 35.5. The number of fused-ring (bicyclic) bond motifs is 1. The molecule has 1 unspecified atom stereocenters. The minimum absolute atomic E-state index is 0.239. The minimum atomic E-state index is 0.239. The molecule has 1 aromatic carbocycles. The molecular formula is C10H11ClN2O. The molecule has 3 nitrogen and oxygen atoms in total. The fourth-order valence-corrected chi connectivity index (χ4v) is 1.74. The van der Waals surface area contributed by atoms with Gasteiger partial charge in [-0.2, -0.15) is 0 Å². The summed E-state index contributed by atoms with van der Waals surface area (Å²) in [5.74, 6) is 0.239. The monoisotopic (exact) mass is 210 g/mol. The molecule has 1 atom stereocenters. The van der Waals surface area contributed by atoms with Crippen molar-refractivity contribution in [1.82, 2.24) is 4.98 Å². The molecule has 0 aliphatic heterocycles. The highest BCUT2D eigenvalue weighted by Gasteiger charge is 2.11. The molecule has 0 saturated heterocycles.